The fourth-order valence-electron chi connectivity index (χ4n) is 3.95. The molecule has 0 aromatic heterocycles. The van der Waals surface area contributed by atoms with Crippen LogP contribution in [0.15, 0.2) is 48.5 Å². The van der Waals surface area contributed by atoms with Crippen LogP contribution in [0, 0.1) is 19.8 Å². The number of unbranched alkanes of at least 4 members (excludes halogenated alkanes) is 1. The molecule has 0 bridgehead atoms. The van der Waals surface area contributed by atoms with E-state index in [-0.39, 0.29) is 23.7 Å². The van der Waals surface area contributed by atoms with Crippen molar-refractivity contribution < 1.29 is 9.59 Å². The summed E-state index contributed by atoms with van der Waals surface area (Å²) in [5.41, 5.74) is 4.14. The van der Waals surface area contributed by atoms with E-state index in [1.54, 1.807) is 0 Å². The Bertz CT molecular complexity index is 829. The fraction of sp³-hybridized carbons (Fsp3) is 0.417. The van der Waals surface area contributed by atoms with Crippen LogP contribution in [-0.2, 0) is 4.79 Å². The molecule has 0 aliphatic carbocycles. The molecule has 0 unspecified atom stereocenters. The van der Waals surface area contributed by atoms with E-state index in [4.69, 9.17) is 0 Å². The smallest absolute Gasteiger partial charge is 0.253 e. The van der Waals surface area contributed by atoms with Crippen LogP contribution in [-0.4, -0.2) is 36.3 Å². The number of rotatable bonds is 6. The van der Waals surface area contributed by atoms with Crippen LogP contribution in [0.2, 0.25) is 0 Å². The first-order valence-corrected chi connectivity index (χ1v) is 10.2. The van der Waals surface area contributed by atoms with E-state index in [9.17, 15) is 9.59 Å². The van der Waals surface area contributed by atoms with Crippen LogP contribution in [0.1, 0.15) is 52.7 Å². The molecule has 1 heterocycles. The van der Waals surface area contributed by atoms with Gasteiger partial charge in [-0.05, 0) is 43.5 Å². The number of aryl methyl sites for hydroxylation is 2. The zero-order chi connectivity index (χ0) is 20.1. The van der Waals surface area contributed by atoms with E-state index >= 15 is 0 Å². The van der Waals surface area contributed by atoms with E-state index in [0.29, 0.717) is 25.2 Å². The quantitative estimate of drug-likeness (QED) is 0.770. The Balaban J connectivity index is 1.83. The van der Waals surface area contributed by atoms with Gasteiger partial charge in [0.1, 0.15) is 0 Å². The molecule has 0 spiro atoms. The number of hydrogen-bond donors (Lipinski definition) is 1. The molecule has 2 atom stereocenters. The van der Waals surface area contributed by atoms with Gasteiger partial charge in [0.25, 0.3) is 5.91 Å². The van der Waals surface area contributed by atoms with Gasteiger partial charge in [-0.1, -0.05) is 55.3 Å². The molecule has 1 fully saturated rings. The molecule has 28 heavy (non-hydrogen) atoms. The van der Waals surface area contributed by atoms with Crippen molar-refractivity contribution in [1.29, 1.82) is 0 Å². The summed E-state index contributed by atoms with van der Waals surface area (Å²) in [6.07, 6.45) is 2.02. The number of amides is 2. The molecule has 1 aliphatic heterocycles. The van der Waals surface area contributed by atoms with Gasteiger partial charge in [-0.2, -0.15) is 0 Å². The lowest BCUT2D eigenvalue weighted by atomic mass is 9.86. The Morgan fingerprint density at radius 3 is 2.43 bits per heavy atom. The van der Waals surface area contributed by atoms with E-state index in [1.165, 1.54) is 5.56 Å². The van der Waals surface area contributed by atoms with Gasteiger partial charge in [-0.3, -0.25) is 9.59 Å². The number of nitrogens with zero attached hydrogens (tertiary/aromatic N) is 1. The molecule has 2 amide bonds. The number of carbonyl (C=O) groups is 2. The summed E-state index contributed by atoms with van der Waals surface area (Å²) in [6.45, 7) is 7.92. The summed E-state index contributed by atoms with van der Waals surface area (Å²) in [5.74, 6) is -0.132. The summed E-state index contributed by atoms with van der Waals surface area (Å²) in [7, 11) is 0. The molecule has 0 radical (unpaired) electrons. The van der Waals surface area contributed by atoms with E-state index < -0.39 is 0 Å². The minimum atomic E-state index is -0.215. The van der Waals surface area contributed by atoms with Crippen LogP contribution in [0.4, 0.5) is 0 Å². The predicted octanol–water partition coefficient (Wildman–Crippen LogP) is 4.08. The second-order valence-corrected chi connectivity index (χ2v) is 7.79. The van der Waals surface area contributed by atoms with Crippen molar-refractivity contribution in [2.45, 2.75) is 39.5 Å². The average molecular weight is 379 g/mol. The molecule has 4 nitrogen and oxygen atoms in total. The number of nitrogens with one attached hydrogen (secondary N) is 1. The van der Waals surface area contributed by atoms with E-state index in [0.717, 1.165) is 24.0 Å². The Hall–Kier alpha value is -2.62. The summed E-state index contributed by atoms with van der Waals surface area (Å²) in [6, 6.07) is 15.8. The van der Waals surface area contributed by atoms with Gasteiger partial charge in [0.05, 0.1) is 5.92 Å². The maximum Gasteiger partial charge on any atom is 0.253 e. The maximum atomic E-state index is 13.0. The van der Waals surface area contributed by atoms with Crippen molar-refractivity contribution in [3.63, 3.8) is 0 Å². The number of benzene rings is 2. The van der Waals surface area contributed by atoms with Crippen molar-refractivity contribution >= 4 is 11.8 Å². The summed E-state index contributed by atoms with van der Waals surface area (Å²) in [4.78, 5) is 27.8. The van der Waals surface area contributed by atoms with Crippen molar-refractivity contribution in [3.8, 4) is 0 Å². The summed E-state index contributed by atoms with van der Waals surface area (Å²) >= 11 is 0. The average Bonchev–Trinajstić information content (AvgIpc) is 3.14. The van der Waals surface area contributed by atoms with Gasteiger partial charge in [0.15, 0.2) is 0 Å². The van der Waals surface area contributed by atoms with Gasteiger partial charge >= 0.3 is 0 Å². The normalized spacial score (nSPS) is 18.9. The lowest BCUT2D eigenvalue weighted by molar-refractivity contribution is -0.124. The third-order valence-electron chi connectivity index (χ3n) is 5.66. The Morgan fingerprint density at radius 1 is 1.04 bits per heavy atom. The second kappa shape index (κ2) is 9.05. The summed E-state index contributed by atoms with van der Waals surface area (Å²) in [5, 5.41) is 3.07. The van der Waals surface area contributed by atoms with Crippen LogP contribution >= 0.6 is 0 Å². The van der Waals surface area contributed by atoms with Gasteiger partial charge in [-0.25, -0.2) is 0 Å². The third kappa shape index (κ3) is 4.44. The van der Waals surface area contributed by atoms with Gasteiger partial charge in [0.2, 0.25) is 5.91 Å². The monoisotopic (exact) mass is 378 g/mol. The highest BCUT2D eigenvalue weighted by atomic mass is 16.2. The Labute approximate surface area is 167 Å². The predicted molar refractivity (Wildman–Crippen MR) is 112 cm³/mol. The second-order valence-electron chi connectivity index (χ2n) is 7.79. The Kier molecular flexibility index (Phi) is 6.50. The van der Waals surface area contributed by atoms with Crippen molar-refractivity contribution in [1.82, 2.24) is 10.2 Å². The molecule has 3 rings (SSSR count). The molecule has 148 valence electrons. The van der Waals surface area contributed by atoms with Crippen LogP contribution in [0.5, 0.6) is 0 Å². The highest BCUT2D eigenvalue weighted by Crippen LogP contribution is 2.35. The summed E-state index contributed by atoms with van der Waals surface area (Å²) < 4.78 is 0. The minimum absolute atomic E-state index is 0.00226. The molecule has 1 aliphatic rings. The Morgan fingerprint density at radius 2 is 1.75 bits per heavy atom. The van der Waals surface area contributed by atoms with Crippen molar-refractivity contribution in [3.05, 3.63) is 70.8 Å². The molecular weight excluding hydrogens is 348 g/mol. The molecule has 4 heteroatoms. The van der Waals surface area contributed by atoms with Gasteiger partial charge in [0, 0.05) is 31.1 Å². The largest absolute Gasteiger partial charge is 0.356 e. The highest BCUT2D eigenvalue weighted by molar-refractivity contribution is 5.95. The van der Waals surface area contributed by atoms with Crippen LogP contribution in [0.3, 0.4) is 0 Å². The first-order valence-electron chi connectivity index (χ1n) is 10.2. The van der Waals surface area contributed by atoms with E-state index in [1.807, 2.05) is 48.2 Å². The van der Waals surface area contributed by atoms with Gasteiger partial charge in [-0.15, -0.1) is 0 Å². The van der Waals surface area contributed by atoms with Crippen molar-refractivity contribution in [2.24, 2.45) is 5.92 Å². The molecule has 2 aromatic carbocycles. The first kappa shape index (κ1) is 20.1. The lowest BCUT2D eigenvalue weighted by Gasteiger charge is -2.20. The maximum absolute atomic E-state index is 13.0. The SMILES string of the molecule is CCCCNC(=O)[C@@H]1CN(C(=O)c2ccc(C)cc2)C[C@H]1c1ccccc1C. The van der Waals surface area contributed by atoms with E-state index in [2.05, 4.69) is 31.3 Å². The topological polar surface area (TPSA) is 49.4 Å². The minimum Gasteiger partial charge on any atom is -0.356 e. The standard InChI is InChI=1S/C24H30N2O2/c1-4-5-14-25-23(27)22-16-26(24(28)19-12-10-17(2)11-13-19)15-21(22)20-9-7-6-8-18(20)3/h6-13,21-22H,4-5,14-16H2,1-3H3,(H,25,27)/t21-,22+/m0/s1. The highest BCUT2D eigenvalue weighted by Gasteiger charge is 2.40. The first-order chi connectivity index (χ1) is 13.5. The zero-order valence-corrected chi connectivity index (χ0v) is 17.1. The van der Waals surface area contributed by atoms with Crippen LogP contribution in [0.25, 0.3) is 0 Å². The lowest BCUT2D eigenvalue weighted by Crippen LogP contribution is -2.36. The molecular formula is C24H30N2O2. The molecule has 1 saturated heterocycles. The molecule has 1 N–H and O–H groups in total. The third-order valence-corrected chi connectivity index (χ3v) is 5.66. The number of carbonyl (C=O) groups excluding carboxylic acids is 2. The molecule has 2 aromatic rings. The molecule has 0 saturated carbocycles. The van der Waals surface area contributed by atoms with Crippen molar-refractivity contribution in [2.75, 3.05) is 19.6 Å². The fourth-order valence-corrected chi connectivity index (χ4v) is 3.95. The van der Waals surface area contributed by atoms with Crippen LogP contribution < -0.4 is 5.32 Å². The number of likely N-dealkylation sites (tertiary alicyclic amines) is 1. The van der Waals surface area contributed by atoms with Gasteiger partial charge < -0.3 is 10.2 Å². The number of hydrogen-bond acceptors (Lipinski definition) is 2. The zero-order valence-electron chi connectivity index (χ0n) is 17.1.